The predicted octanol–water partition coefficient (Wildman–Crippen LogP) is 6.79. The third-order valence-electron chi connectivity index (χ3n) is 4.76. The molecular weight excluding hydrogens is 588 g/mol. The summed E-state index contributed by atoms with van der Waals surface area (Å²) in [5, 5.41) is 8.08. The lowest BCUT2D eigenvalue weighted by Gasteiger charge is -2.02. The molecule has 2 amide bonds. The molecular formula is C23H30Br2N4O2S2. The van der Waals surface area contributed by atoms with Crippen molar-refractivity contribution in [1.29, 1.82) is 0 Å². The predicted molar refractivity (Wildman–Crippen MR) is 147 cm³/mol. The lowest BCUT2D eigenvalue weighted by Crippen LogP contribution is -2.17. The second-order valence-corrected chi connectivity index (χ2v) is 11.4. The van der Waals surface area contributed by atoms with Gasteiger partial charge in [-0.1, -0.05) is 33.1 Å². The van der Waals surface area contributed by atoms with Crippen LogP contribution in [0.25, 0.3) is 0 Å². The van der Waals surface area contributed by atoms with E-state index in [1.807, 2.05) is 12.1 Å². The molecule has 2 aromatic rings. The molecule has 2 aromatic heterocycles. The number of unbranched alkanes of at least 4 members (excludes halogenated alkanes) is 4. The number of nitrogens with zero attached hydrogens (tertiary/aromatic N) is 2. The zero-order valence-electron chi connectivity index (χ0n) is 19.0. The molecule has 0 bridgehead atoms. The maximum Gasteiger partial charge on any atom is 0.240 e. The third kappa shape index (κ3) is 10.6. The molecule has 0 spiro atoms. The third-order valence-corrected chi connectivity index (χ3v) is 9.13. The van der Waals surface area contributed by atoms with E-state index in [-0.39, 0.29) is 11.8 Å². The molecule has 0 saturated heterocycles. The van der Waals surface area contributed by atoms with Crippen LogP contribution in [-0.4, -0.2) is 24.2 Å². The van der Waals surface area contributed by atoms with Gasteiger partial charge in [-0.2, -0.15) is 10.2 Å². The zero-order chi connectivity index (χ0) is 24.1. The van der Waals surface area contributed by atoms with Crippen LogP contribution in [0.5, 0.6) is 0 Å². The van der Waals surface area contributed by atoms with E-state index in [2.05, 4.69) is 66.8 Å². The van der Waals surface area contributed by atoms with Crippen LogP contribution in [0.1, 0.15) is 78.3 Å². The summed E-state index contributed by atoms with van der Waals surface area (Å²) in [4.78, 5) is 28.3. The number of amides is 2. The van der Waals surface area contributed by atoms with Crippen LogP contribution in [0.4, 0.5) is 0 Å². The second kappa shape index (κ2) is 15.5. The van der Waals surface area contributed by atoms with E-state index >= 15 is 0 Å². The van der Waals surface area contributed by atoms with Crippen LogP contribution in [0, 0.1) is 0 Å². The Morgan fingerprint density at radius 1 is 0.788 bits per heavy atom. The van der Waals surface area contributed by atoms with E-state index in [9.17, 15) is 9.59 Å². The highest BCUT2D eigenvalue weighted by Gasteiger charge is 2.05. The largest absolute Gasteiger partial charge is 0.273 e. The Hall–Kier alpha value is -1.36. The number of aryl methyl sites for hydroxylation is 2. The fourth-order valence-corrected chi connectivity index (χ4v) is 6.59. The first-order chi connectivity index (χ1) is 15.9. The number of hydrogen-bond acceptors (Lipinski definition) is 6. The number of halogens is 2. The van der Waals surface area contributed by atoms with Gasteiger partial charge in [0.05, 0.1) is 12.4 Å². The van der Waals surface area contributed by atoms with Gasteiger partial charge >= 0.3 is 0 Å². The molecule has 2 heterocycles. The number of nitrogens with one attached hydrogen (secondary N) is 2. The molecule has 0 radical (unpaired) electrons. The Balaban J connectivity index is 1.49. The van der Waals surface area contributed by atoms with Gasteiger partial charge in [0.25, 0.3) is 0 Å². The minimum absolute atomic E-state index is 0.0707. The summed E-state index contributed by atoms with van der Waals surface area (Å²) in [7, 11) is 0. The summed E-state index contributed by atoms with van der Waals surface area (Å²) in [5.74, 6) is -0.141. The van der Waals surface area contributed by atoms with Crippen LogP contribution < -0.4 is 10.9 Å². The van der Waals surface area contributed by atoms with Crippen LogP contribution >= 0.6 is 54.5 Å². The molecule has 2 rings (SSSR count). The second-order valence-electron chi connectivity index (χ2n) is 7.40. The summed E-state index contributed by atoms with van der Waals surface area (Å²) in [6.45, 7) is 4.22. The van der Waals surface area contributed by atoms with Gasteiger partial charge in [0.2, 0.25) is 11.8 Å². The van der Waals surface area contributed by atoms with Crippen molar-refractivity contribution in [3.63, 3.8) is 0 Å². The molecule has 0 unspecified atom stereocenters. The molecule has 0 aliphatic carbocycles. The fraction of sp³-hybridized carbons (Fsp3) is 0.478. The molecule has 180 valence electrons. The zero-order valence-corrected chi connectivity index (χ0v) is 23.8. The lowest BCUT2D eigenvalue weighted by atomic mass is 10.1. The standard InChI is InChI=1S/C23H30Br2N4O2S2/c1-3-20-18(24)12-16(32-20)14-26-28-22(30)10-8-6-5-7-9-11-23(31)29-27-15-17-13-19(25)21(4-2)33-17/h12-15H,3-11H2,1-2H3,(H,28,30)(H,29,31)/b26-14-,27-15-. The number of rotatable bonds is 14. The van der Waals surface area contributed by atoms with Gasteiger partial charge in [0.1, 0.15) is 0 Å². The lowest BCUT2D eigenvalue weighted by molar-refractivity contribution is -0.121. The summed E-state index contributed by atoms with van der Waals surface area (Å²) < 4.78 is 2.18. The van der Waals surface area contributed by atoms with Gasteiger partial charge in [-0.25, -0.2) is 10.9 Å². The molecule has 0 fully saturated rings. The summed E-state index contributed by atoms with van der Waals surface area (Å²) in [6.07, 6.45) is 10.8. The monoisotopic (exact) mass is 616 g/mol. The van der Waals surface area contributed by atoms with Gasteiger partial charge in [-0.3, -0.25) is 9.59 Å². The van der Waals surface area contributed by atoms with Crippen molar-refractivity contribution < 1.29 is 9.59 Å². The normalized spacial score (nSPS) is 11.5. The molecule has 0 saturated carbocycles. The Labute approximate surface area is 220 Å². The van der Waals surface area contributed by atoms with E-state index in [0.29, 0.717) is 12.8 Å². The first kappa shape index (κ1) is 27.9. The highest BCUT2D eigenvalue weighted by Crippen LogP contribution is 2.27. The van der Waals surface area contributed by atoms with Crippen molar-refractivity contribution in [2.75, 3.05) is 0 Å². The van der Waals surface area contributed by atoms with Crippen molar-refractivity contribution in [3.05, 3.63) is 40.6 Å². The maximum absolute atomic E-state index is 11.9. The number of carbonyl (C=O) groups excluding carboxylic acids is 2. The van der Waals surface area contributed by atoms with E-state index in [1.165, 1.54) is 9.75 Å². The number of thiophene rings is 2. The Kier molecular flexibility index (Phi) is 13.1. The van der Waals surface area contributed by atoms with E-state index in [4.69, 9.17) is 0 Å². The van der Waals surface area contributed by atoms with E-state index < -0.39 is 0 Å². The molecule has 10 heteroatoms. The van der Waals surface area contributed by atoms with Gasteiger partial charge in [-0.15, -0.1) is 22.7 Å². The summed E-state index contributed by atoms with van der Waals surface area (Å²) in [6, 6.07) is 4.02. The SMILES string of the molecule is CCc1sc(/C=N\NC(=O)CCCCCCCC(=O)N/N=C\c2cc(Br)c(CC)s2)cc1Br. The maximum atomic E-state index is 11.9. The molecule has 0 aromatic carbocycles. The Bertz CT molecular complexity index is 894. The Morgan fingerprint density at radius 3 is 1.55 bits per heavy atom. The smallest absolute Gasteiger partial charge is 0.240 e. The molecule has 0 aliphatic rings. The number of hydrazone groups is 2. The molecule has 0 aliphatic heterocycles. The average molecular weight is 618 g/mol. The van der Waals surface area contributed by atoms with Crippen molar-refractivity contribution in [3.8, 4) is 0 Å². The minimum atomic E-state index is -0.0707. The first-order valence-electron chi connectivity index (χ1n) is 11.1. The minimum Gasteiger partial charge on any atom is -0.273 e. The first-order valence-corrected chi connectivity index (χ1v) is 14.3. The number of hydrogen-bond donors (Lipinski definition) is 2. The van der Waals surface area contributed by atoms with Crippen molar-refractivity contribution >= 4 is 78.8 Å². The van der Waals surface area contributed by atoms with Crippen molar-refractivity contribution in [1.82, 2.24) is 10.9 Å². The average Bonchev–Trinajstić information content (AvgIpc) is 3.33. The van der Waals surface area contributed by atoms with Crippen LogP contribution in [-0.2, 0) is 22.4 Å². The Morgan fingerprint density at radius 2 is 1.18 bits per heavy atom. The molecule has 0 atom stereocenters. The molecule has 2 N–H and O–H groups in total. The molecule has 6 nitrogen and oxygen atoms in total. The number of carbonyl (C=O) groups is 2. The molecule has 33 heavy (non-hydrogen) atoms. The van der Waals surface area contributed by atoms with Crippen molar-refractivity contribution in [2.45, 2.75) is 71.6 Å². The van der Waals surface area contributed by atoms with Crippen LogP contribution in [0.15, 0.2) is 31.3 Å². The fourth-order valence-electron chi connectivity index (χ4n) is 3.01. The van der Waals surface area contributed by atoms with Gasteiger partial charge in [0, 0.05) is 41.3 Å². The topological polar surface area (TPSA) is 82.9 Å². The van der Waals surface area contributed by atoms with E-state index in [1.54, 1.807) is 35.1 Å². The van der Waals surface area contributed by atoms with Crippen molar-refractivity contribution in [2.24, 2.45) is 10.2 Å². The van der Waals surface area contributed by atoms with Gasteiger partial charge in [-0.05, 0) is 69.7 Å². The summed E-state index contributed by atoms with van der Waals surface area (Å²) >= 11 is 10.4. The van der Waals surface area contributed by atoms with Crippen LogP contribution in [0.2, 0.25) is 0 Å². The van der Waals surface area contributed by atoms with Gasteiger partial charge < -0.3 is 0 Å². The highest BCUT2D eigenvalue weighted by molar-refractivity contribution is 9.10. The van der Waals surface area contributed by atoms with Crippen LogP contribution in [0.3, 0.4) is 0 Å². The highest BCUT2D eigenvalue weighted by atomic mass is 79.9. The summed E-state index contributed by atoms with van der Waals surface area (Å²) in [5.41, 5.74) is 5.18. The quantitative estimate of drug-likeness (QED) is 0.139. The van der Waals surface area contributed by atoms with E-state index in [0.717, 1.165) is 63.6 Å². The van der Waals surface area contributed by atoms with Gasteiger partial charge in [0.15, 0.2) is 0 Å².